The second-order valence-electron chi connectivity index (χ2n) is 2.82. The molecule has 1 amide bonds. The van der Waals surface area contributed by atoms with E-state index in [2.05, 4.69) is 15.6 Å². The molecule has 14 heavy (non-hydrogen) atoms. The summed E-state index contributed by atoms with van der Waals surface area (Å²) in [5.41, 5.74) is 6.37. The van der Waals surface area contributed by atoms with Crippen molar-refractivity contribution >= 4 is 17.9 Å². The Hall–Kier alpha value is -1.78. The number of rotatable bonds is 6. The van der Waals surface area contributed by atoms with Gasteiger partial charge in [0.2, 0.25) is 6.41 Å². The SMILES string of the molecule is Nc1ccc(NCCCNC=O)cn1. The molecule has 0 fully saturated rings. The lowest BCUT2D eigenvalue weighted by Gasteiger charge is -2.05. The van der Waals surface area contributed by atoms with Gasteiger partial charge in [0.05, 0.1) is 11.9 Å². The van der Waals surface area contributed by atoms with E-state index in [9.17, 15) is 4.79 Å². The van der Waals surface area contributed by atoms with Crippen molar-refractivity contribution < 1.29 is 4.79 Å². The molecule has 0 saturated carbocycles. The molecule has 1 aromatic rings. The van der Waals surface area contributed by atoms with Gasteiger partial charge in [0, 0.05) is 13.1 Å². The van der Waals surface area contributed by atoms with E-state index in [0.717, 1.165) is 18.7 Å². The minimum Gasteiger partial charge on any atom is -0.384 e. The van der Waals surface area contributed by atoms with Crippen LogP contribution < -0.4 is 16.4 Å². The van der Waals surface area contributed by atoms with Gasteiger partial charge in [0.15, 0.2) is 0 Å². The van der Waals surface area contributed by atoms with Crippen LogP contribution in [0.15, 0.2) is 18.3 Å². The summed E-state index contributed by atoms with van der Waals surface area (Å²) in [6.07, 6.45) is 3.26. The van der Waals surface area contributed by atoms with Gasteiger partial charge in [-0.1, -0.05) is 0 Å². The van der Waals surface area contributed by atoms with E-state index in [1.54, 1.807) is 12.3 Å². The molecule has 1 rings (SSSR count). The van der Waals surface area contributed by atoms with Gasteiger partial charge in [-0.15, -0.1) is 0 Å². The molecular weight excluding hydrogens is 180 g/mol. The van der Waals surface area contributed by atoms with Crippen LogP contribution in [-0.4, -0.2) is 24.5 Å². The molecule has 0 saturated heterocycles. The molecule has 1 heterocycles. The monoisotopic (exact) mass is 194 g/mol. The summed E-state index contributed by atoms with van der Waals surface area (Å²) in [4.78, 5) is 13.9. The third-order valence-corrected chi connectivity index (χ3v) is 1.70. The van der Waals surface area contributed by atoms with Gasteiger partial charge < -0.3 is 16.4 Å². The van der Waals surface area contributed by atoms with E-state index in [-0.39, 0.29) is 0 Å². The van der Waals surface area contributed by atoms with Gasteiger partial charge in [-0.2, -0.15) is 0 Å². The van der Waals surface area contributed by atoms with Crippen LogP contribution in [-0.2, 0) is 4.79 Å². The van der Waals surface area contributed by atoms with E-state index < -0.39 is 0 Å². The molecule has 0 aliphatic heterocycles. The lowest BCUT2D eigenvalue weighted by Crippen LogP contribution is -2.15. The van der Waals surface area contributed by atoms with Gasteiger partial charge >= 0.3 is 0 Å². The molecule has 0 radical (unpaired) electrons. The van der Waals surface area contributed by atoms with Crippen LogP contribution >= 0.6 is 0 Å². The number of pyridine rings is 1. The molecule has 0 aliphatic carbocycles. The molecule has 5 nitrogen and oxygen atoms in total. The minimum absolute atomic E-state index is 0.512. The highest BCUT2D eigenvalue weighted by atomic mass is 16.1. The van der Waals surface area contributed by atoms with Crippen LogP contribution in [0.4, 0.5) is 11.5 Å². The van der Waals surface area contributed by atoms with Crippen molar-refractivity contribution in [3.8, 4) is 0 Å². The van der Waals surface area contributed by atoms with E-state index in [4.69, 9.17) is 5.73 Å². The van der Waals surface area contributed by atoms with Crippen LogP contribution in [0.3, 0.4) is 0 Å². The maximum absolute atomic E-state index is 9.92. The number of carbonyl (C=O) groups is 1. The van der Waals surface area contributed by atoms with Crippen molar-refractivity contribution in [2.24, 2.45) is 0 Å². The number of nitrogens with zero attached hydrogens (tertiary/aromatic N) is 1. The van der Waals surface area contributed by atoms with Crippen LogP contribution in [0.2, 0.25) is 0 Å². The Morgan fingerprint density at radius 3 is 2.93 bits per heavy atom. The number of amides is 1. The molecule has 0 spiro atoms. The first-order valence-corrected chi connectivity index (χ1v) is 4.45. The topological polar surface area (TPSA) is 80.0 Å². The Balaban J connectivity index is 2.18. The van der Waals surface area contributed by atoms with Crippen molar-refractivity contribution in [2.75, 3.05) is 24.1 Å². The number of aromatic nitrogens is 1. The van der Waals surface area contributed by atoms with E-state index in [1.807, 2.05) is 6.07 Å². The number of carbonyl (C=O) groups excluding carboxylic acids is 1. The molecule has 5 heteroatoms. The largest absolute Gasteiger partial charge is 0.384 e. The highest BCUT2D eigenvalue weighted by molar-refractivity contribution is 5.46. The van der Waals surface area contributed by atoms with Crippen LogP contribution in [0.5, 0.6) is 0 Å². The zero-order valence-electron chi connectivity index (χ0n) is 7.86. The fourth-order valence-corrected chi connectivity index (χ4v) is 0.992. The normalized spacial score (nSPS) is 9.43. The number of hydrogen-bond acceptors (Lipinski definition) is 4. The zero-order valence-corrected chi connectivity index (χ0v) is 7.86. The summed E-state index contributed by atoms with van der Waals surface area (Å²) >= 11 is 0. The lowest BCUT2D eigenvalue weighted by molar-refractivity contribution is -0.109. The number of nitrogen functional groups attached to an aromatic ring is 1. The molecule has 0 aliphatic rings. The number of anilines is 2. The van der Waals surface area contributed by atoms with Crippen LogP contribution in [0, 0.1) is 0 Å². The summed E-state index contributed by atoms with van der Waals surface area (Å²) in [6, 6.07) is 3.61. The molecule has 76 valence electrons. The number of hydrogen-bond donors (Lipinski definition) is 3. The Morgan fingerprint density at radius 1 is 1.43 bits per heavy atom. The minimum atomic E-state index is 0.512. The first kappa shape index (κ1) is 10.3. The predicted molar refractivity (Wildman–Crippen MR) is 55.8 cm³/mol. The summed E-state index contributed by atoms with van der Waals surface area (Å²) in [5, 5.41) is 5.74. The van der Waals surface area contributed by atoms with Crippen molar-refractivity contribution in [1.82, 2.24) is 10.3 Å². The molecule has 4 N–H and O–H groups in total. The van der Waals surface area contributed by atoms with E-state index in [1.165, 1.54) is 0 Å². The summed E-state index contributed by atoms with van der Waals surface area (Å²) in [6.45, 7) is 1.48. The molecule has 0 atom stereocenters. The smallest absolute Gasteiger partial charge is 0.207 e. The molecule has 0 unspecified atom stereocenters. The Bertz CT molecular complexity index is 273. The van der Waals surface area contributed by atoms with Crippen LogP contribution in [0.25, 0.3) is 0 Å². The first-order chi connectivity index (χ1) is 6.83. The maximum Gasteiger partial charge on any atom is 0.207 e. The fourth-order valence-electron chi connectivity index (χ4n) is 0.992. The average Bonchev–Trinajstić information content (AvgIpc) is 2.21. The number of nitrogens with two attached hydrogens (primary N) is 1. The Morgan fingerprint density at radius 2 is 2.29 bits per heavy atom. The van der Waals surface area contributed by atoms with Gasteiger partial charge in [-0.3, -0.25) is 4.79 Å². The zero-order chi connectivity index (χ0) is 10.2. The molecule has 1 aromatic heterocycles. The standard InChI is InChI=1S/C9H14N4O/c10-9-3-2-8(6-13-9)12-5-1-4-11-7-14/h2-3,6-7,12H,1,4-5H2,(H2,10,13)(H,11,14). The molecular formula is C9H14N4O. The fraction of sp³-hybridized carbons (Fsp3) is 0.333. The average molecular weight is 194 g/mol. The second kappa shape index (κ2) is 5.80. The van der Waals surface area contributed by atoms with Crippen molar-refractivity contribution in [1.29, 1.82) is 0 Å². The highest BCUT2D eigenvalue weighted by Gasteiger charge is 1.91. The summed E-state index contributed by atoms with van der Waals surface area (Å²) in [7, 11) is 0. The second-order valence-corrected chi connectivity index (χ2v) is 2.82. The maximum atomic E-state index is 9.92. The van der Waals surface area contributed by atoms with Crippen LogP contribution in [0.1, 0.15) is 6.42 Å². The van der Waals surface area contributed by atoms with Gasteiger partial charge in [0.25, 0.3) is 0 Å². The third-order valence-electron chi connectivity index (χ3n) is 1.70. The quantitative estimate of drug-likeness (QED) is 0.447. The summed E-state index contributed by atoms with van der Waals surface area (Å²) in [5.74, 6) is 0.512. The van der Waals surface area contributed by atoms with E-state index >= 15 is 0 Å². The third kappa shape index (κ3) is 3.75. The Kier molecular flexibility index (Phi) is 4.26. The summed E-state index contributed by atoms with van der Waals surface area (Å²) < 4.78 is 0. The van der Waals surface area contributed by atoms with Crippen molar-refractivity contribution in [2.45, 2.75) is 6.42 Å². The van der Waals surface area contributed by atoms with Gasteiger partial charge in [-0.05, 0) is 18.6 Å². The highest BCUT2D eigenvalue weighted by Crippen LogP contribution is 2.06. The number of nitrogens with one attached hydrogen (secondary N) is 2. The van der Waals surface area contributed by atoms with Crippen molar-refractivity contribution in [3.63, 3.8) is 0 Å². The lowest BCUT2D eigenvalue weighted by atomic mass is 10.3. The van der Waals surface area contributed by atoms with Gasteiger partial charge in [0.1, 0.15) is 5.82 Å². The molecule has 0 bridgehead atoms. The molecule has 0 aromatic carbocycles. The Labute approximate surface area is 82.7 Å². The van der Waals surface area contributed by atoms with Gasteiger partial charge in [-0.25, -0.2) is 4.98 Å². The predicted octanol–water partition coefficient (Wildman–Crippen LogP) is 0.212. The van der Waals surface area contributed by atoms with E-state index in [0.29, 0.717) is 18.8 Å². The first-order valence-electron chi connectivity index (χ1n) is 4.45. The van der Waals surface area contributed by atoms with Crippen molar-refractivity contribution in [3.05, 3.63) is 18.3 Å².